The molecule has 0 radical (unpaired) electrons. The van der Waals surface area contributed by atoms with E-state index in [1.807, 2.05) is 24.3 Å². The lowest BCUT2D eigenvalue weighted by molar-refractivity contribution is -0.156. The number of carbonyl (C=O) groups excluding carboxylic acids is 2. The lowest BCUT2D eigenvalue weighted by Crippen LogP contribution is -2.52. The van der Waals surface area contributed by atoms with Gasteiger partial charge in [-0.1, -0.05) is 54.6 Å². The van der Waals surface area contributed by atoms with Crippen molar-refractivity contribution in [3.63, 3.8) is 0 Å². The Hall–Kier alpha value is -3.65. The molecule has 1 fully saturated rings. The fourth-order valence-corrected chi connectivity index (χ4v) is 4.30. The number of morpholine rings is 1. The van der Waals surface area contributed by atoms with Crippen LogP contribution >= 0.6 is 0 Å². The van der Waals surface area contributed by atoms with Crippen molar-refractivity contribution >= 4 is 18.0 Å². The number of hydrogen-bond acceptors (Lipinski definition) is 5. The highest BCUT2D eigenvalue weighted by Crippen LogP contribution is 2.44. The summed E-state index contributed by atoms with van der Waals surface area (Å²) in [5.41, 5.74) is 4.92. The van der Waals surface area contributed by atoms with Gasteiger partial charge in [-0.3, -0.25) is 4.79 Å². The van der Waals surface area contributed by atoms with Gasteiger partial charge in [0.1, 0.15) is 6.61 Å². The molecule has 2 amide bonds. The fraction of sp³-hybridized carbons (Fsp3) is 0.320. The highest BCUT2D eigenvalue weighted by atomic mass is 16.5. The van der Waals surface area contributed by atoms with Crippen LogP contribution in [0, 0.1) is 0 Å². The summed E-state index contributed by atoms with van der Waals surface area (Å²) in [6.07, 6.45) is 0.973. The molecule has 1 atom stereocenters. The van der Waals surface area contributed by atoms with Gasteiger partial charge in [-0.2, -0.15) is 0 Å². The third kappa shape index (κ3) is 4.75. The van der Waals surface area contributed by atoms with E-state index in [0.29, 0.717) is 12.2 Å². The monoisotopic (exact) mass is 450 g/mol. The van der Waals surface area contributed by atoms with E-state index in [1.54, 1.807) is 13.0 Å². The molecular formula is C25H26N2O6. The molecule has 172 valence electrons. The lowest BCUT2D eigenvalue weighted by atomic mass is 9.98. The van der Waals surface area contributed by atoms with Gasteiger partial charge in [-0.25, -0.2) is 9.59 Å². The van der Waals surface area contributed by atoms with Crippen LogP contribution in [0.3, 0.4) is 0 Å². The number of carboxylic acids is 1. The van der Waals surface area contributed by atoms with Crippen molar-refractivity contribution in [2.24, 2.45) is 0 Å². The zero-order chi connectivity index (χ0) is 23.4. The molecule has 1 heterocycles. The molecule has 1 aliphatic carbocycles. The average molecular weight is 450 g/mol. The summed E-state index contributed by atoms with van der Waals surface area (Å²) >= 11 is 0. The van der Waals surface area contributed by atoms with Gasteiger partial charge >= 0.3 is 12.1 Å². The average Bonchev–Trinajstić information content (AvgIpc) is 3.16. The SMILES string of the molecule is C/C(=C\CNC(=O)OCC1c2ccccc2-c2ccccc21)C(=O)N1CCOCC1C(=O)O. The maximum atomic E-state index is 12.6. The van der Waals surface area contributed by atoms with Gasteiger partial charge in [-0.15, -0.1) is 0 Å². The van der Waals surface area contributed by atoms with Crippen LogP contribution in [0.25, 0.3) is 11.1 Å². The van der Waals surface area contributed by atoms with Crippen LogP contribution in [-0.4, -0.2) is 66.9 Å². The van der Waals surface area contributed by atoms with Gasteiger partial charge in [0.05, 0.1) is 13.2 Å². The van der Waals surface area contributed by atoms with Crippen molar-refractivity contribution in [1.82, 2.24) is 10.2 Å². The maximum Gasteiger partial charge on any atom is 0.407 e. The van der Waals surface area contributed by atoms with E-state index < -0.39 is 18.1 Å². The molecule has 8 nitrogen and oxygen atoms in total. The summed E-state index contributed by atoms with van der Waals surface area (Å²) in [6, 6.07) is 15.2. The van der Waals surface area contributed by atoms with Gasteiger partial charge < -0.3 is 24.8 Å². The van der Waals surface area contributed by atoms with E-state index in [1.165, 1.54) is 4.90 Å². The van der Waals surface area contributed by atoms with Crippen LogP contribution in [0.15, 0.2) is 60.2 Å². The Kier molecular flexibility index (Phi) is 6.74. The minimum Gasteiger partial charge on any atom is -0.480 e. The Labute approximate surface area is 191 Å². The summed E-state index contributed by atoms with van der Waals surface area (Å²) in [4.78, 5) is 37.5. The molecule has 2 N–H and O–H groups in total. The number of nitrogens with zero attached hydrogens (tertiary/aromatic N) is 1. The van der Waals surface area contributed by atoms with Crippen molar-refractivity contribution in [1.29, 1.82) is 0 Å². The highest BCUT2D eigenvalue weighted by molar-refractivity contribution is 5.95. The van der Waals surface area contributed by atoms with Crippen molar-refractivity contribution in [3.05, 3.63) is 71.3 Å². The number of carbonyl (C=O) groups is 3. The number of carboxylic acid groups (broad SMARTS) is 1. The Morgan fingerprint density at radius 2 is 1.76 bits per heavy atom. The van der Waals surface area contributed by atoms with E-state index >= 15 is 0 Å². The topological polar surface area (TPSA) is 105 Å². The van der Waals surface area contributed by atoms with Crippen LogP contribution in [0.4, 0.5) is 4.79 Å². The van der Waals surface area contributed by atoms with Gasteiger partial charge in [-0.05, 0) is 29.2 Å². The number of ether oxygens (including phenoxy) is 2. The molecular weight excluding hydrogens is 424 g/mol. The number of nitrogens with one attached hydrogen (secondary N) is 1. The molecule has 0 saturated carbocycles. The minimum absolute atomic E-state index is 0.0312. The van der Waals surface area contributed by atoms with Crippen molar-refractivity contribution in [2.45, 2.75) is 18.9 Å². The summed E-state index contributed by atoms with van der Waals surface area (Å²) in [6.45, 7) is 2.36. The third-order valence-electron chi connectivity index (χ3n) is 6.01. The molecule has 2 aliphatic rings. The van der Waals surface area contributed by atoms with E-state index in [9.17, 15) is 19.5 Å². The van der Waals surface area contributed by atoms with Crippen molar-refractivity contribution in [3.8, 4) is 11.1 Å². The molecule has 2 aromatic rings. The van der Waals surface area contributed by atoms with E-state index in [2.05, 4.69) is 29.6 Å². The number of rotatable bonds is 6. The summed E-state index contributed by atoms with van der Waals surface area (Å²) < 4.78 is 10.6. The van der Waals surface area contributed by atoms with Crippen LogP contribution in [-0.2, 0) is 19.1 Å². The second-order valence-corrected chi connectivity index (χ2v) is 8.02. The Morgan fingerprint density at radius 1 is 1.12 bits per heavy atom. The summed E-state index contributed by atoms with van der Waals surface area (Å²) in [5, 5.41) is 11.9. The molecule has 4 rings (SSSR count). The first-order chi connectivity index (χ1) is 16.0. The number of fused-ring (bicyclic) bond motifs is 3. The largest absolute Gasteiger partial charge is 0.480 e. The first-order valence-electron chi connectivity index (χ1n) is 10.8. The lowest BCUT2D eigenvalue weighted by Gasteiger charge is -2.33. The molecule has 33 heavy (non-hydrogen) atoms. The summed E-state index contributed by atoms with van der Waals surface area (Å²) in [5.74, 6) is -1.52. The van der Waals surface area contributed by atoms with E-state index in [4.69, 9.17) is 9.47 Å². The van der Waals surface area contributed by atoms with Crippen LogP contribution in [0.1, 0.15) is 24.0 Å². The predicted molar refractivity (Wildman–Crippen MR) is 121 cm³/mol. The molecule has 1 unspecified atom stereocenters. The maximum absolute atomic E-state index is 12.6. The fourth-order valence-electron chi connectivity index (χ4n) is 4.30. The van der Waals surface area contributed by atoms with Gasteiger partial charge in [0.2, 0.25) is 5.91 Å². The number of hydrogen-bond donors (Lipinski definition) is 2. The smallest absolute Gasteiger partial charge is 0.407 e. The standard InChI is InChI=1S/C25H26N2O6/c1-16(23(28)27-12-13-32-15-22(27)24(29)30)10-11-26-25(31)33-14-21-19-8-4-2-6-17(19)18-7-3-5-9-20(18)21/h2-10,21-22H,11-15H2,1H3,(H,26,31)(H,29,30)/b16-10+. The number of aliphatic carboxylic acids is 1. The quantitative estimate of drug-likeness (QED) is 0.656. The zero-order valence-electron chi connectivity index (χ0n) is 18.3. The normalized spacial score (nSPS) is 17.8. The van der Waals surface area contributed by atoms with Crippen molar-refractivity contribution < 1.29 is 29.0 Å². The molecule has 2 aromatic carbocycles. The first kappa shape index (κ1) is 22.5. The van der Waals surface area contributed by atoms with Gasteiger partial charge in [0, 0.05) is 24.6 Å². The van der Waals surface area contributed by atoms with Crippen molar-refractivity contribution in [2.75, 3.05) is 32.9 Å². The number of amides is 2. The highest BCUT2D eigenvalue weighted by Gasteiger charge is 2.33. The van der Waals surface area contributed by atoms with Gasteiger partial charge in [0.25, 0.3) is 0 Å². The van der Waals surface area contributed by atoms with Crippen LogP contribution in [0.5, 0.6) is 0 Å². The first-order valence-corrected chi connectivity index (χ1v) is 10.8. The molecule has 0 bridgehead atoms. The number of alkyl carbamates (subject to hydrolysis) is 1. The Morgan fingerprint density at radius 3 is 2.39 bits per heavy atom. The second kappa shape index (κ2) is 9.87. The second-order valence-electron chi connectivity index (χ2n) is 8.02. The van der Waals surface area contributed by atoms with E-state index in [0.717, 1.165) is 22.3 Å². The molecule has 0 aromatic heterocycles. The molecule has 1 saturated heterocycles. The predicted octanol–water partition coefficient (Wildman–Crippen LogP) is 2.78. The molecule has 1 aliphatic heterocycles. The van der Waals surface area contributed by atoms with Crippen LogP contribution in [0.2, 0.25) is 0 Å². The minimum atomic E-state index is -1.10. The number of benzene rings is 2. The third-order valence-corrected chi connectivity index (χ3v) is 6.01. The molecule has 0 spiro atoms. The zero-order valence-corrected chi connectivity index (χ0v) is 18.3. The Balaban J connectivity index is 1.31. The van der Waals surface area contributed by atoms with Crippen LogP contribution < -0.4 is 5.32 Å². The van der Waals surface area contributed by atoms with Gasteiger partial charge in [0.15, 0.2) is 6.04 Å². The molecule has 8 heteroatoms. The Bertz CT molecular complexity index is 1050. The van der Waals surface area contributed by atoms with E-state index in [-0.39, 0.29) is 38.1 Å². The summed E-state index contributed by atoms with van der Waals surface area (Å²) in [7, 11) is 0.